The van der Waals surface area contributed by atoms with Crippen molar-refractivity contribution in [3.63, 3.8) is 0 Å². The van der Waals surface area contributed by atoms with Crippen LogP contribution in [0.15, 0.2) is 59.2 Å². The van der Waals surface area contributed by atoms with E-state index in [2.05, 4.69) is 46.6 Å². The lowest BCUT2D eigenvalue weighted by atomic mass is 9.88. The highest BCUT2D eigenvalue weighted by Crippen LogP contribution is 2.38. The van der Waals surface area contributed by atoms with E-state index in [1.54, 1.807) is 12.1 Å². The van der Waals surface area contributed by atoms with Crippen molar-refractivity contribution in [3.05, 3.63) is 66.1 Å². The zero-order chi connectivity index (χ0) is 19.2. The fourth-order valence-electron chi connectivity index (χ4n) is 4.15. The highest BCUT2D eigenvalue weighted by Gasteiger charge is 2.42. The van der Waals surface area contributed by atoms with Crippen LogP contribution in [0.1, 0.15) is 41.8 Å². The molecule has 1 unspecified atom stereocenters. The number of carbonyl (C=O) groups is 1. The fraction of sp³-hybridized carbons (Fsp3) is 0.435. The van der Waals surface area contributed by atoms with Crippen molar-refractivity contribution in [2.45, 2.75) is 37.4 Å². The second-order valence-electron chi connectivity index (χ2n) is 7.76. The zero-order valence-electron chi connectivity index (χ0n) is 16.2. The topological polar surface area (TPSA) is 54.7 Å². The average Bonchev–Trinajstić information content (AvgIpc) is 3.40. The van der Waals surface area contributed by atoms with Gasteiger partial charge in [0.05, 0.1) is 18.0 Å². The molecule has 0 aliphatic carbocycles. The summed E-state index contributed by atoms with van der Waals surface area (Å²) >= 11 is 0. The number of hydrogen-bond acceptors (Lipinski definition) is 4. The molecule has 4 rings (SSSR count). The largest absolute Gasteiger partial charge is 0.459 e. The molecule has 5 heteroatoms. The van der Waals surface area contributed by atoms with Crippen molar-refractivity contribution < 1.29 is 13.9 Å². The maximum Gasteiger partial charge on any atom is 0.287 e. The van der Waals surface area contributed by atoms with Gasteiger partial charge in [0.2, 0.25) is 0 Å². The van der Waals surface area contributed by atoms with Crippen LogP contribution in [0, 0.1) is 0 Å². The maximum absolute atomic E-state index is 12.0. The molecule has 148 valence electrons. The first kappa shape index (κ1) is 19.0. The molecule has 28 heavy (non-hydrogen) atoms. The summed E-state index contributed by atoms with van der Waals surface area (Å²) in [5.41, 5.74) is 1.24. The minimum Gasteiger partial charge on any atom is -0.459 e. The highest BCUT2D eigenvalue weighted by molar-refractivity contribution is 5.91. The van der Waals surface area contributed by atoms with Crippen molar-refractivity contribution >= 4 is 12.0 Å². The number of piperidine rings is 1. The molecule has 1 aromatic carbocycles. The van der Waals surface area contributed by atoms with Crippen LogP contribution in [0.2, 0.25) is 0 Å². The van der Waals surface area contributed by atoms with Crippen molar-refractivity contribution in [1.29, 1.82) is 0 Å². The molecule has 0 saturated carbocycles. The number of furan rings is 1. The number of hydrogen-bond donors (Lipinski definition) is 1. The summed E-state index contributed by atoms with van der Waals surface area (Å²) in [6.07, 6.45) is 10.3. The molecular weight excluding hydrogens is 352 g/mol. The molecule has 2 aliphatic heterocycles. The Hall–Kier alpha value is -2.37. The second-order valence-corrected chi connectivity index (χ2v) is 7.76. The van der Waals surface area contributed by atoms with Gasteiger partial charge >= 0.3 is 0 Å². The van der Waals surface area contributed by atoms with E-state index in [4.69, 9.17) is 9.15 Å². The fourth-order valence-corrected chi connectivity index (χ4v) is 4.15. The van der Waals surface area contributed by atoms with Gasteiger partial charge in [0.15, 0.2) is 5.76 Å². The van der Waals surface area contributed by atoms with Crippen LogP contribution in [0.4, 0.5) is 0 Å². The third kappa shape index (κ3) is 4.72. The second kappa shape index (κ2) is 8.76. The van der Waals surface area contributed by atoms with Gasteiger partial charge in [0.25, 0.3) is 5.91 Å². The van der Waals surface area contributed by atoms with Crippen molar-refractivity contribution in [2.24, 2.45) is 0 Å². The predicted octanol–water partition coefficient (Wildman–Crippen LogP) is 3.74. The summed E-state index contributed by atoms with van der Waals surface area (Å²) in [5.74, 6) is 0.180. The van der Waals surface area contributed by atoms with Crippen molar-refractivity contribution in [2.75, 3.05) is 26.2 Å². The minimum absolute atomic E-state index is 0.000277. The van der Waals surface area contributed by atoms with Crippen LogP contribution in [0.25, 0.3) is 6.08 Å². The first-order valence-electron chi connectivity index (χ1n) is 10.2. The van der Waals surface area contributed by atoms with Crippen LogP contribution in [-0.4, -0.2) is 48.7 Å². The van der Waals surface area contributed by atoms with Crippen LogP contribution in [-0.2, 0) is 4.74 Å². The monoisotopic (exact) mass is 380 g/mol. The summed E-state index contributed by atoms with van der Waals surface area (Å²) in [4.78, 5) is 14.5. The minimum atomic E-state index is -0.172. The van der Waals surface area contributed by atoms with E-state index in [1.807, 2.05) is 6.07 Å². The predicted molar refractivity (Wildman–Crippen MR) is 109 cm³/mol. The van der Waals surface area contributed by atoms with E-state index in [9.17, 15) is 4.79 Å². The molecule has 5 nitrogen and oxygen atoms in total. The highest BCUT2D eigenvalue weighted by atomic mass is 16.5. The Morgan fingerprint density at radius 2 is 1.96 bits per heavy atom. The van der Waals surface area contributed by atoms with E-state index in [-0.39, 0.29) is 17.6 Å². The molecule has 2 saturated heterocycles. The van der Waals surface area contributed by atoms with Gasteiger partial charge < -0.3 is 14.5 Å². The molecule has 0 radical (unpaired) electrons. The first-order chi connectivity index (χ1) is 13.7. The van der Waals surface area contributed by atoms with Gasteiger partial charge in [-0.3, -0.25) is 9.69 Å². The van der Waals surface area contributed by atoms with Crippen molar-refractivity contribution in [1.82, 2.24) is 10.2 Å². The SMILES string of the molecule is O=C(NCC1CCC2(CCN(CC=Cc3ccccc3)CC2)O1)c1ccco1. The standard InChI is InChI=1S/C23H28N2O3/c26-22(21-9-5-17-27-21)24-18-20-10-11-23(28-20)12-15-25(16-13-23)14-4-8-19-6-2-1-3-7-19/h1-9,17,20H,10-16,18H2,(H,24,26). The van der Waals surface area contributed by atoms with Crippen LogP contribution < -0.4 is 5.32 Å². The molecular formula is C23H28N2O3. The number of amides is 1. The Bertz CT molecular complexity index is 777. The number of likely N-dealkylation sites (tertiary alicyclic amines) is 1. The van der Waals surface area contributed by atoms with Crippen LogP contribution >= 0.6 is 0 Å². The van der Waals surface area contributed by atoms with Gasteiger partial charge in [-0.1, -0.05) is 42.5 Å². The number of carbonyl (C=O) groups excluding carboxylic acids is 1. The lowest BCUT2D eigenvalue weighted by Gasteiger charge is -2.38. The number of nitrogens with one attached hydrogen (secondary N) is 1. The van der Waals surface area contributed by atoms with Crippen LogP contribution in [0.5, 0.6) is 0 Å². The first-order valence-corrected chi connectivity index (χ1v) is 10.2. The molecule has 0 bridgehead atoms. The summed E-state index contributed by atoms with van der Waals surface area (Å²) in [7, 11) is 0. The van der Waals surface area contributed by atoms with E-state index in [0.29, 0.717) is 12.3 Å². The van der Waals surface area contributed by atoms with E-state index in [0.717, 1.165) is 45.3 Å². The smallest absolute Gasteiger partial charge is 0.287 e. The van der Waals surface area contributed by atoms with Crippen molar-refractivity contribution in [3.8, 4) is 0 Å². The number of ether oxygens (including phenoxy) is 1. The summed E-state index contributed by atoms with van der Waals surface area (Å²) < 4.78 is 11.5. The summed E-state index contributed by atoms with van der Waals surface area (Å²) in [6, 6.07) is 13.8. The Labute approximate surface area is 166 Å². The van der Waals surface area contributed by atoms with Gasteiger partial charge in [0.1, 0.15) is 0 Å². The third-order valence-corrected chi connectivity index (χ3v) is 5.81. The van der Waals surface area contributed by atoms with E-state index >= 15 is 0 Å². The Morgan fingerprint density at radius 3 is 2.71 bits per heavy atom. The Balaban J connectivity index is 1.19. The Kier molecular flexibility index (Phi) is 5.93. The van der Waals surface area contributed by atoms with Gasteiger partial charge in [-0.2, -0.15) is 0 Å². The molecule has 3 heterocycles. The number of rotatable bonds is 6. The number of benzene rings is 1. The third-order valence-electron chi connectivity index (χ3n) is 5.81. The molecule has 1 aromatic heterocycles. The summed E-state index contributed by atoms with van der Waals surface area (Å²) in [6.45, 7) is 3.65. The van der Waals surface area contributed by atoms with Gasteiger partial charge in [-0.15, -0.1) is 0 Å². The van der Waals surface area contributed by atoms with E-state index < -0.39 is 0 Å². The molecule has 2 aromatic rings. The lowest BCUT2D eigenvalue weighted by molar-refractivity contribution is -0.0741. The molecule has 1 spiro atoms. The summed E-state index contributed by atoms with van der Waals surface area (Å²) in [5, 5.41) is 2.92. The van der Waals surface area contributed by atoms with Gasteiger partial charge in [-0.05, 0) is 43.4 Å². The van der Waals surface area contributed by atoms with E-state index in [1.165, 1.54) is 11.8 Å². The van der Waals surface area contributed by atoms with Gasteiger partial charge in [-0.25, -0.2) is 0 Å². The maximum atomic E-state index is 12.0. The van der Waals surface area contributed by atoms with Gasteiger partial charge in [0, 0.05) is 26.2 Å². The quantitative estimate of drug-likeness (QED) is 0.830. The molecule has 1 atom stereocenters. The normalized spacial score (nSPS) is 22.1. The Morgan fingerprint density at radius 1 is 1.14 bits per heavy atom. The molecule has 2 fully saturated rings. The van der Waals surface area contributed by atoms with Crippen LogP contribution in [0.3, 0.4) is 0 Å². The zero-order valence-corrected chi connectivity index (χ0v) is 16.2. The lowest BCUT2D eigenvalue weighted by Crippen LogP contribution is -2.45. The molecule has 1 amide bonds. The molecule has 2 aliphatic rings. The molecule has 1 N–H and O–H groups in total. The average molecular weight is 380 g/mol. The number of nitrogens with zero attached hydrogens (tertiary/aromatic N) is 1.